The number of rotatable bonds is 2. The summed E-state index contributed by atoms with van der Waals surface area (Å²) in [6.07, 6.45) is 0. The topological polar surface area (TPSA) is 69.8 Å². The van der Waals surface area contributed by atoms with Crippen LogP contribution in [0.25, 0.3) is 11.0 Å². The molecule has 0 aliphatic rings. The van der Waals surface area contributed by atoms with E-state index in [1.165, 1.54) is 0 Å². The van der Waals surface area contributed by atoms with Crippen LogP contribution in [0.15, 0.2) is 18.2 Å². The molecule has 84 valence electrons. The zero-order valence-corrected chi connectivity index (χ0v) is 9.43. The van der Waals surface area contributed by atoms with Crippen LogP contribution in [-0.4, -0.2) is 22.5 Å². The van der Waals surface area contributed by atoms with Crippen molar-refractivity contribution in [1.82, 2.24) is 15.3 Å². The molecule has 1 aromatic heterocycles. The van der Waals surface area contributed by atoms with E-state index in [2.05, 4.69) is 20.6 Å². The molecule has 0 atom stereocenters. The number of benzene rings is 1. The number of anilines is 1. The maximum atomic E-state index is 11.2. The highest BCUT2D eigenvalue weighted by atomic mass is 35.5. The maximum absolute atomic E-state index is 11.2. The summed E-state index contributed by atoms with van der Waals surface area (Å²) in [6.45, 7) is 2.41. The van der Waals surface area contributed by atoms with E-state index >= 15 is 0 Å². The Bertz CT molecular complexity index is 523. The molecule has 5 nitrogen and oxygen atoms in total. The number of hydrogen-bond acceptors (Lipinski definition) is 2. The fraction of sp³-hybridized carbons (Fsp3) is 0.200. The molecule has 2 amide bonds. The van der Waals surface area contributed by atoms with Gasteiger partial charge in [-0.25, -0.2) is 9.78 Å². The quantitative estimate of drug-likeness (QED) is 0.752. The van der Waals surface area contributed by atoms with Crippen molar-refractivity contribution < 1.29 is 4.79 Å². The average Bonchev–Trinajstić information content (AvgIpc) is 2.59. The van der Waals surface area contributed by atoms with Gasteiger partial charge in [0, 0.05) is 11.6 Å². The smallest absolute Gasteiger partial charge is 0.321 e. The van der Waals surface area contributed by atoms with Crippen molar-refractivity contribution in [1.29, 1.82) is 0 Å². The molecule has 6 heteroatoms. The van der Waals surface area contributed by atoms with Gasteiger partial charge in [-0.05, 0) is 25.1 Å². The van der Waals surface area contributed by atoms with E-state index in [0.717, 1.165) is 11.0 Å². The Kier molecular flexibility index (Phi) is 2.96. The third-order valence-corrected chi connectivity index (χ3v) is 2.25. The lowest BCUT2D eigenvalue weighted by Gasteiger charge is -2.00. The van der Waals surface area contributed by atoms with E-state index in [1.807, 2.05) is 6.92 Å². The molecular formula is C10H11ClN4O. The molecule has 2 rings (SSSR count). The third-order valence-electron chi connectivity index (χ3n) is 2.01. The number of carbonyl (C=O) groups is 1. The molecule has 16 heavy (non-hydrogen) atoms. The Balaban J connectivity index is 2.23. The Morgan fingerprint density at radius 3 is 3.12 bits per heavy atom. The van der Waals surface area contributed by atoms with Crippen molar-refractivity contribution in [3.05, 3.63) is 23.2 Å². The van der Waals surface area contributed by atoms with Gasteiger partial charge < -0.3 is 10.3 Å². The number of urea groups is 1. The van der Waals surface area contributed by atoms with Gasteiger partial charge in [0.1, 0.15) is 0 Å². The third kappa shape index (κ3) is 2.25. The van der Waals surface area contributed by atoms with Gasteiger partial charge in [-0.2, -0.15) is 0 Å². The molecule has 2 aromatic rings. The van der Waals surface area contributed by atoms with Gasteiger partial charge in [-0.3, -0.25) is 5.32 Å². The molecule has 0 spiro atoms. The minimum absolute atomic E-state index is 0.285. The largest absolute Gasteiger partial charge is 0.338 e. The molecule has 0 saturated carbocycles. The van der Waals surface area contributed by atoms with Crippen molar-refractivity contribution in [3.63, 3.8) is 0 Å². The number of carbonyl (C=O) groups excluding carboxylic acids is 1. The molecule has 3 N–H and O–H groups in total. The van der Waals surface area contributed by atoms with Crippen LogP contribution in [0.2, 0.25) is 5.02 Å². The zero-order valence-electron chi connectivity index (χ0n) is 8.67. The van der Waals surface area contributed by atoms with Crippen LogP contribution in [0.4, 0.5) is 10.7 Å². The summed E-state index contributed by atoms with van der Waals surface area (Å²) in [5, 5.41) is 5.83. The fourth-order valence-electron chi connectivity index (χ4n) is 1.35. The van der Waals surface area contributed by atoms with Gasteiger partial charge in [-0.15, -0.1) is 0 Å². The summed E-state index contributed by atoms with van der Waals surface area (Å²) >= 11 is 5.84. The van der Waals surface area contributed by atoms with Gasteiger partial charge in [0.25, 0.3) is 0 Å². The standard InChI is InChI=1S/C10H11ClN4O/c1-2-12-10(16)15-9-13-7-4-3-6(11)5-8(7)14-9/h3-5H,2H2,1H3,(H3,12,13,14,15,16). The zero-order chi connectivity index (χ0) is 11.5. The fourth-order valence-corrected chi connectivity index (χ4v) is 1.53. The van der Waals surface area contributed by atoms with Gasteiger partial charge >= 0.3 is 6.03 Å². The average molecular weight is 239 g/mol. The highest BCUT2D eigenvalue weighted by Crippen LogP contribution is 2.18. The molecule has 1 heterocycles. The van der Waals surface area contributed by atoms with E-state index in [9.17, 15) is 4.79 Å². The molecule has 0 fully saturated rings. The molecule has 1 aromatic carbocycles. The van der Waals surface area contributed by atoms with E-state index in [4.69, 9.17) is 11.6 Å². The molecular weight excluding hydrogens is 228 g/mol. The normalized spacial score (nSPS) is 10.4. The van der Waals surface area contributed by atoms with Crippen LogP contribution in [0.5, 0.6) is 0 Å². The number of nitrogens with zero attached hydrogens (tertiary/aromatic N) is 1. The molecule has 0 bridgehead atoms. The number of halogens is 1. The number of aromatic nitrogens is 2. The van der Waals surface area contributed by atoms with Crippen molar-refractivity contribution in [3.8, 4) is 0 Å². The van der Waals surface area contributed by atoms with Crippen LogP contribution in [0.1, 0.15) is 6.92 Å². The van der Waals surface area contributed by atoms with Crippen molar-refractivity contribution in [2.24, 2.45) is 0 Å². The Morgan fingerprint density at radius 1 is 1.56 bits per heavy atom. The molecule has 0 aliphatic heterocycles. The summed E-state index contributed by atoms with van der Waals surface area (Å²) in [7, 11) is 0. The first kappa shape index (κ1) is 10.8. The van der Waals surface area contributed by atoms with Gasteiger partial charge in [0.05, 0.1) is 11.0 Å². The SMILES string of the molecule is CCNC(=O)Nc1nc2ccc(Cl)cc2[nH]1. The van der Waals surface area contributed by atoms with E-state index in [0.29, 0.717) is 17.5 Å². The second-order valence-electron chi connectivity index (χ2n) is 3.23. The number of hydrogen-bond donors (Lipinski definition) is 3. The van der Waals surface area contributed by atoms with Crippen molar-refractivity contribution >= 4 is 34.6 Å². The van der Waals surface area contributed by atoms with Gasteiger partial charge in [-0.1, -0.05) is 11.6 Å². The molecule has 0 radical (unpaired) electrons. The summed E-state index contributed by atoms with van der Waals surface area (Å²) in [5.41, 5.74) is 1.55. The Hall–Kier alpha value is -1.75. The number of imidazole rings is 1. The minimum Gasteiger partial charge on any atom is -0.338 e. The second kappa shape index (κ2) is 4.40. The number of aromatic amines is 1. The van der Waals surface area contributed by atoms with Crippen molar-refractivity contribution in [2.75, 3.05) is 11.9 Å². The lowest BCUT2D eigenvalue weighted by Crippen LogP contribution is -2.28. The van der Waals surface area contributed by atoms with Crippen LogP contribution in [-0.2, 0) is 0 Å². The van der Waals surface area contributed by atoms with E-state index < -0.39 is 0 Å². The lowest BCUT2D eigenvalue weighted by molar-refractivity contribution is 0.252. The first-order valence-corrected chi connectivity index (χ1v) is 5.27. The predicted molar refractivity (Wildman–Crippen MR) is 63.8 cm³/mol. The van der Waals surface area contributed by atoms with Gasteiger partial charge in [0.2, 0.25) is 5.95 Å². The van der Waals surface area contributed by atoms with Crippen LogP contribution in [0.3, 0.4) is 0 Å². The number of H-pyrrole nitrogens is 1. The summed E-state index contributed by atoms with van der Waals surface area (Å²) in [6, 6.07) is 5.01. The van der Waals surface area contributed by atoms with E-state index in [1.54, 1.807) is 18.2 Å². The first-order chi connectivity index (χ1) is 7.69. The van der Waals surface area contributed by atoms with E-state index in [-0.39, 0.29) is 6.03 Å². The maximum Gasteiger partial charge on any atom is 0.321 e. The molecule has 0 saturated heterocycles. The molecule has 0 aliphatic carbocycles. The van der Waals surface area contributed by atoms with Crippen LogP contribution in [0, 0.1) is 0 Å². The minimum atomic E-state index is -0.285. The summed E-state index contributed by atoms with van der Waals surface area (Å²) < 4.78 is 0. The highest BCUT2D eigenvalue weighted by molar-refractivity contribution is 6.31. The number of nitrogens with one attached hydrogen (secondary N) is 3. The van der Waals surface area contributed by atoms with Crippen LogP contribution < -0.4 is 10.6 Å². The van der Waals surface area contributed by atoms with Crippen LogP contribution >= 0.6 is 11.6 Å². The Labute approximate surface area is 97.2 Å². The highest BCUT2D eigenvalue weighted by Gasteiger charge is 2.05. The molecule has 0 unspecified atom stereocenters. The summed E-state index contributed by atoms with van der Waals surface area (Å²) in [5.74, 6) is 0.406. The summed E-state index contributed by atoms with van der Waals surface area (Å²) in [4.78, 5) is 18.4. The number of amides is 2. The van der Waals surface area contributed by atoms with Crippen molar-refractivity contribution in [2.45, 2.75) is 6.92 Å². The number of fused-ring (bicyclic) bond motifs is 1. The second-order valence-corrected chi connectivity index (χ2v) is 3.67. The first-order valence-electron chi connectivity index (χ1n) is 4.89. The predicted octanol–water partition coefficient (Wildman–Crippen LogP) is 2.36. The monoisotopic (exact) mass is 238 g/mol. The van der Waals surface area contributed by atoms with Gasteiger partial charge in [0.15, 0.2) is 0 Å². The Morgan fingerprint density at radius 2 is 2.38 bits per heavy atom. The lowest BCUT2D eigenvalue weighted by atomic mass is 10.3.